The first-order valence-corrected chi connectivity index (χ1v) is 9.62. The molecular formula is C20H24N2O7. The molecule has 156 valence electrons. The van der Waals surface area contributed by atoms with E-state index in [1.54, 1.807) is 0 Å². The molecule has 1 amide bonds. The Morgan fingerprint density at radius 1 is 1.28 bits per heavy atom. The number of rotatable bonds is 6. The van der Waals surface area contributed by atoms with Gasteiger partial charge in [0, 0.05) is 12.1 Å². The molecule has 0 aromatic heterocycles. The summed E-state index contributed by atoms with van der Waals surface area (Å²) in [4.78, 5) is 35.1. The van der Waals surface area contributed by atoms with Crippen LogP contribution in [0.25, 0.3) is 6.08 Å². The maximum Gasteiger partial charge on any atom is 0.331 e. The molecule has 1 saturated carbocycles. The van der Waals surface area contributed by atoms with Gasteiger partial charge in [-0.2, -0.15) is 0 Å². The summed E-state index contributed by atoms with van der Waals surface area (Å²) in [5.41, 5.74) is -0.0558. The Labute approximate surface area is 168 Å². The zero-order valence-corrected chi connectivity index (χ0v) is 16.4. The van der Waals surface area contributed by atoms with Crippen LogP contribution in [0.3, 0.4) is 0 Å². The van der Waals surface area contributed by atoms with E-state index in [2.05, 4.69) is 12.2 Å². The molecule has 3 atom stereocenters. The molecule has 0 saturated heterocycles. The molecule has 0 radical (unpaired) electrons. The number of hydrogen-bond donors (Lipinski definition) is 1. The van der Waals surface area contributed by atoms with Crippen LogP contribution >= 0.6 is 0 Å². The minimum Gasteiger partial charge on any atom is -0.454 e. The third-order valence-electron chi connectivity index (χ3n) is 5.22. The molecule has 1 aliphatic carbocycles. The van der Waals surface area contributed by atoms with E-state index in [0.717, 1.165) is 31.8 Å². The molecule has 0 bridgehead atoms. The van der Waals surface area contributed by atoms with E-state index in [0.29, 0.717) is 11.7 Å². The van der Waals surface area contributed by atoms with Gasteiger partial charge in [-0.1, -0.05) is 19.8 Å². The highest BCUT2D eigenvalue weighted by atomic mass is 16.7. The molecule has 9 heteroatoms. The number of nitrogens with zero attached hydrogens (tertiary/aromatic N) is 1. The lowest BCUT2D eigenvalue weighted by atomic mass is 9.86. The average Bonchev–Trinajstić information content (AvgIpc) is 3.14. The van der Waals surface area contributed by atoms with Crippen LogP contribution in [0.1, 0.15) is 45.1 Å². The van der Waals surface area contributed by atoms with Crippen LogP contribution in [-0.4, -0.2) is 35.7 Å². The van der Waals surface area contributed by atoms with Gasteiger partial charge >= 0.3 is 5.97 Å². The highest BCUT2D eigenvalue weighted by molar-refractivity contribution is 5.91. The Bertz CT molecular complexity index is 836. The Hall–Kier alpha value is -3.10. The molecule has 0 spiro atoms. The van der Waals surface area contributed by atoms with Crippen LogP contribution in [0.15, 0.2) is 18.2 Å². The predicted molar refractivity (Wildman–Crippen MR) is 103 cm³/mol. The van der Waals surface area contributed by atoms with Gasteiger partial charge in [-0.3, -0.25) is 14.9 Å². The lowest BCUT2D eigenvalue weighted by Gasteiger charge is -2.30. The topological polar surface area (TPSA) is 117 Å². The summed E-state index contributed by atoms with van der Waals surface area (Å²) < 4.78 is 15.5. The maximum atomic E-state index is 12.3. The third-order valence-corrected chi connectivity index (χ3v) is 5.22. The number of nitro benzene ring substituents is 1. The zero-order chi connectivity index (χ0) is 21.0. The quantitative estimate of drug-likeness (QED) is 0.335. The summed E-state index contributed by atoms with van der Waals surface area (Å²) in [5, 5.41) is 14.2. The summed E-state index contributed by atoms with van der Waals surface area (Å²) in [7, 11) is 0. The Morgan fingerprint density at radius 2 is 1.97 bits per heavy atom. The second-order valence-corrected chi connectivity index (χ2v) is 7.31. The number of amides is 1. The van der Waals surface area contributed by atoms with Gasteiger partial charge < -0.3 is 19.5 Å². The van der Waals surface area contributed by atoms with E-state index in [4.69, 9.17) is 14.2 Å². The molecule has 1 aromatic rings. The summed E-state index contributed by atoms with van der Waals surface area (Å²) in [5.74, 6) is -0.0884. The fraction of sp³-hybridized carbons (Fsp3) is 0.500. The fourth-order valence-corrected chi connectivity index (χ4v) is 3.49. The van der Waals surface area contributed by atoms with Crippen LogP contribution in [-0.2, 0) is 14.3 Å². The third kappa shape index (κ3) is 5.04. The van der Waals surface area contributed by atoms with Crippen molar-refractivity contribution in [1.82, 2.24) is 5.32 Å². The van der Waals surface area contributed by atoms with E-state index in [9.17, 15) is 19.7 Å². The maximum absolute atomic E-state index is 12.3. The van der Waals surface area contributed by atoms with Gasteiger partial charge in [0.05, 0.1) is 16.6 Å². The molecule has 29 heavy (non-hydrogen) atoms. The Balaban J connectivity index is 1.60. The van der Waals surface area contributed by atoms with Crippen LogP contribution in [0.4, 0.5) is 5.69 Å². The lowest BCUT2D eigenvalue weighted by molar-refractivity contribution is -0.385. The Morgan fingerprint density at radius 3 is 2.66 bits per heavy atom. The smallest absolute Gasteiger partial charge is 0.331 e. The van der Waals surface area contributed by atoms with E-state index >= 15 is 0 Å². The van der Waals surface area contributed by atoms with Crippen molar-refractivity contribution in [2.24, 2.45) is 5.92 Å². The van der Waals surface area contributed by atoms with Gasteiger partial charge in [-0.05, 0) is 37.8 Å². The van der Waals surface area contributed by atoms with Crippen molar-refractivity contribution < 1.29 is 28.7 Å². The van der Waals surface area contributed by atoms with Crippen molar-refractivity contribution in [3.63, 3.8) is 0 Å². The number of carbonyl (C=O) groups excluding carboxylic acids is 2. The second-order valence-electron chi connectivity index (χ2n) is 7.31. The van der Waals surface area contributed by atoms with E-state index < -0.39 is 17.0 Å². The fourth-order valence-electron chi connectivity index (χ4n) is 3.49. The minimum absolute atomic E-state index is 0.0199. The summed E-state index contributed by atoms with van der Waals surface area (Å²) >= 11 is 0. The number of nitrogens with one attached hydrogen (secondary N) is 1. The molecule has 1 aliphatic heterocycles. The van der Waals surface area contributed by atoms with Gasteiger partial charge in [0.2, 0.25) is 6.79 Å². The largest absolute Gasteiger partial charge is 0.454 e. The molecule has 1 aromatic carbocycles. The monoisotopic (exact) mass is 404 g/mol. The van der Waals surface area contributed by atoms with Crippen LogP contribution in [0.2, 0.25) is 0 Å². The van der Waals surface area contributed by atoms with Crippen molar-refractivity contribution in [2.75, 3.05) is 6.79 Å². The SMILES string of the molecule is C[C@@H]1CCCC[C@H]1NC(=O)[C@@H](C)OC(=O)/C=C/c1cc2c(cc1[N+](=O)[O-])OCO2. The van der Waals surface area contributed by atoms with E-state index in [-0.39, 0.29) is 35.7 Å². The highest BCUT2D eigenvalue weighted by Crippen LogP contribution is 2.38. The molecule has 3 rings (SSSR count). The van der Waals surface area contributed by atoms with Crippen molar-refractivity contribution in [3.05, 3.63) is 33.9 Å². The summed E-state index contributed by atoms with van der Waals surface area (Å²) in [6, 6.07) is 2.75. The van der Waals surface area contributed by atoms with E-state index in [1.807, 2.05) is 0 Å². The first kappa shape index (κ1) is 20.6. The van der Waals surface area contributed by atoms with Crippen LogP contribution in [0.5, 0.6) is 11.5 Å². The summed E-state index contributed by atoms with van der Waals surface area (Å²) in [6.45, 7) is 3.58. The van der Waals surface area contributed by atoms with Gasteiger partial charge in [0.25, 0.3) is 11.6 Å². The number of benzene rings is 1. The number of ether oxygens (including phenoxy) is 3. The number of hydrogen-bond acceptors (Lipinski definition) is 7. The highest BCUT2D eigenvalue weighted by Gasteiger charge is 2.26. The molecule has 0 unspecified atom stereocenters. The molecule has 1 N–H and O–H groups in total. The number of carbonyl (C=O) groups is 2. The van der Waals surface area contributed by atoms with Crippen molar-refractivity contribution in [1.29, 1.82) is 0 Å². The first-order valence-electron chi connectivity index (χ1n) is 9.62. The van der Waals surface area contributed by atoms with Crippen molar-refractivity contribution >= 4 is 23.6 Å². The second kappa shape index (κ2) is 8.93. The van der Waals surface area contributed by atoms with E-state index in [1.165, 1.54) is 25.1 Å². The van der Waals surface area contributed by atoms with Crippen LogP contribution in [0, 0.1) is 16.0 Å². The molecule has 2 aliphatic rings. The molecule has 9 nitrogen and oxygen atoms in total. The average molecular weight is 404 g/mol. The van der Waals surface area contributed by atoms with Gasteiger partial charge in [-0.15, -0.1) is 0 Å². The normalized spacial score (nSPS) is 21.6. The number of fused-ring (bicyclic) bond motifs is 1. The van der Waals surface area contributed by atoms with Crippen molar-refractivity contribution in [3.8, 4) is 11.5 Å². The summed E-state index contributed by atoms with van der Waals surface area (Å²) in [6.07, 6.45) is 5.56. The minimum atomic E-state index is -0.965. The molecular weight excluding hydrogens is 380 g/mol. The Kier molecular flexibility index (Phi) is 6.36. The molecule has 1 fully saturated rings. The number of esters is 1. The van der Waals surface area contributed by atoms with Crippen molar-refractivity contribution in [2.45, 2.75) is 51.7 Å². The van der Waals surface area contributed by atoms with Crippen LogP contribution < -0.4 is 14.8 Å². The lowest BCUT2D eigenvalue weighted by Crippen LogP contribution is -2.45. The van der Waals surface area contributed by atoms with Gasteiger partial charge in [-0.25, -0.2) is 4.79 Å². The predicted octanol–water partition coefficient (Wildman–Crippen LogP) is 2.96. The zero-order valence-electron chi connectivity index (χ0n) is 16.4. The van der Waals surface area contributed by atoms with Gasteiger partial charge in [0.15, 0.2) is 17.6 Å². The number of nitro groups is 1. The van der Waals surface area contributed by atoms with Gasteiger partial charge in [0.1, 0.15) is 0 Å². The standard InChI is InChI=1S/C20H24N2O7/c1-12-5-3-4-6-15(12)21-20(24)13(2)29-19(23)8-7-14-9-17-18(28-11-27-17)10-16(14)22(25)26/h7-10,12-13,15H,3-6,11H2,1-2H3,(H,21,24)/b8-7+/t12-,13-,15-/m1/s1. The first-order chi connectivity index (χ1) is 13.8. The molecule has 1 heterocycles.